The van der Waals surface area contributed by atoms with Crippen LogP contribution in [-0.2, 0) is 25.8 Å². The van der Waals surface area contributed by atoms with Crippen molar-refractivity contribution in [3.63, 3.8) is 0 Å². The fraction of sp³-hybridized carbons (Fsp3) is 0.118. The standard InChI is InChI=1S/C17H14O4S.C9H9NS.C8H8N4/c1-22(19,20)14-9-7-12(8-10-14)15-11-21-17(18)16(15)13-5-3-2-4-6-13;11-8-10-7-6-9-4-2-1-3-5-9;9-11-8-7-4-2-1-3-6(7)5-10-12-8/h2-10H,11H2,1H3;1-5H,6-7H2;1-5H,9H2,(H,11,12). The van der Waals surface area contributed by atoms with Gasteiger partial charge in [0.15, 0.2) is 15.7 Å². The normalized spacial score (nSPS) is 12.2. The van der Waals surface area contributed by atoms with Gasteiger partial charge in [0.25, 0.3) is 0 Å². The molecule has 0 radical (unpaired) electrons. The molecule has 0 amide bonds. The molecule has 0 saturated heterocycles. The fourth-order valence-corrected chi connectivity index (χ4v) is 5.16. The number of sulfone groups is 1. The van der Waals surface area contributed by atoms with E-state index in [0.29, 0.717) is 11.4 Å². The van der Waals surface area contributed by atoms with Gasteiger partial charge in [0, 0.05) is 22.6 Å². The molecule has 11 heteroatoms. The summed E-state index contributed by atoms with van der Waals surface area (Å²) in [5.74, 6) is 5.51. The largest absolute Gasteiger partial charge is 0.457 e. The zero-order valence-corrected chi connectivity index (χ0v) is 26.1. The lowest BCUT2D eigenvalue weighted by Gasteiger charge is -2.05. The van der Waals surface area contributed by atoms with Gasteiger partial charge < -0.3 is 10.2 Å². The minimum Gasteiger partial charge on any atom is -0.457 e. The molecule has 0 atom stereocenters. The number of fused-ring (bicyclic) bond motifs is 1. The maximum Gasteiger partial charge on any atom is 0.339 e. The molecule has 0 saturated carbocycles. The molecule has 0 aliphatic carbocycles. The van der Waals surface area contributed by atoms with Crippen LogP contribution in [0.4, 0.5) is 5.82 Å². The topological polar surface area (TPSA) is 137 Å². The van der Waals surface area contributed by atoms with E-state index in [1.54, 1.807) is 30.5 Å². The number of nitrogens with zero attached hydrogens (tertiary/aromatic N) is 3. The Morgan fingerprint density at radius 3 is 2.20 bits per heavy atom. The van der Waals surface area contributed by atoms with Crippen molar-refractivity contribution < 1.29 is 17.9 Å². The highest BCUT2D eigenvalue weighted by Gasteiger charge is 2.27. The molecule has 3 N–H and O–H groups in total. The van der Waals surface area contributed by atoms with E-state index in [9.17, 15) is 13.2 Å². The third kappa shape index (κ3) is 9.21. The Hall–Kier alpha value is -5.06. The maximum absolute atomic E-state index is 12.0. The van der Waals surface area contributed by atoms with Crippen LogP contribution in [0.2, 0.25) is 0 Å². The van der Waals surface area contributed by atoms with Crippen LogP contribution in [0.25, 0.3) is 21.9 Å². The minimum absolute atomic E-state index is 0.196. The number of hydrogen-bond donors (Lipinski definition) is 2. The molecule has 0 fully saturated rings. The first-order chi connectivity index (χ1) is 21.8. The number of thiocarbonyl (C=S) groups is 1. The summed E-state index contributed by atoms with van der Waals surface area (Å²) in [4.78, 5) is 16.1. The van der Waals surface area contributed by atoms with E-state index in [4.69, 9.17) is 10.6 Å². The van der Waals surface area contributed by atoms with Gasteiger partial charge in [0.2, 0.25) is 0 Å². The molecule has 2 heterocycles. The second-order valence-electron chi connectivity index (χ2n) is 9.73. The van der Waals surface area contributed by atoms with Gasteiger partial charge in [-0.2, -0.15) is 5.10 Å². The third-order valence-corrected chi connectivity index (χ3v) is 7.93. The summed E-state index contributed by atoms with van der Waals surface area (Å²) in [5.41, 5.74) is 6.69. The number of cyclic esters (lactones) is 1. The van der Waals surface area contributed by atoms with Gasteiger partial charge in [-0.25, -0.2) is 24.0 Å². The number of hydrogen-bond acceptors (Lipinski definition) is 10. The SMILES string of the molecule is CS(=O)(=O)c1ccc(C2=C(c3ccccc3)C(=O)OC2)cc1.NNc1nncc2ccccc12.S=C=NCCc1ccccc1. The van der Waals surface area contributed by atoms with Crippen molar-refractivity contribution >= 4 is 60.9 Å². The van der Waals surface area contributed by atoms with Crippen molar-refractivity contribution in [2.24, 2.45) is 10.8 Å². The average molecular weight is 638 g/mol. The molecule has 1 aliphatic rings. The number of hydrazine groups is 1. The highest BCUT2D eigenvalue weighted by molar-refractivity contribution is 7.90. The Morgan fingerprint density at radius 2 is 1.56 bits per heavy atom. The van der Waals surface area contributed by atoms with Crippen molar-refractivity contribution in [1.82, 2.24) is 10.2 Å². The molecule has 1 aliphatic heterocycles. The molecule has 9 nitrogen and oxygen atoms in total. The first-order valence-corrected chi connectivity index (χ1v) is 16.1. The van der Waals surface area contributed by atoms with Crippen LogP contribution in [0.1, 0.15) is 16.7 Å². The van der Waals surface area contributed by atoms with Crippen LogP contribution >= 0.6 is 12.2 Å². The number of aliphatic imine (C=N–C) groups is 1. The van der Waals surface area contributed by atoms with Crippen LogP contribution in [0.15, 0.2) is 125 Å². The number of nitrogen functional groups attached to an aromatic ring is 1. The molecule has 6 rings (SSSR count). The van der Waals surface area contributed by atoms with Crippen LogP contribution < -0.4 is 11.3 Å². The number of anilines is 1. The van der Waals surface area contributed by atoms with Gasteiger partial charge in [-0.1, -0.05) is 97.1 Å². The van der Waals surface area contributed by atoms with Crippen molar-refractivity contribution in [1.29, 1.82) is 0 Å². The highest BCUT2D eigenvalue weighted by Crippen LogP contribution is 2.33. The summed E-state index contributed by atoms with van der Waals surface area (Å²) in [6, 6.07) is 33.8. The predicted molar refractivity (Wildman–Crippen MR) is 181 cm³/mol. The molecule has 0 unspecified atom stereocenters. The third-order valence-electron chi connectivity index (χ3n) is 6.67. The Labute approximate surface area is 267 Å². The smallest absolute Gasteiger partial charge is 0.339 e. The Bertz CT molecular complexity index is 1920. The number of rotatable bonds is 7. The highest BCUT2D eigenvalue weighted by atomic mass is 32.2. The number of nitrogens with two attached hydrogens (primary N) is 1. The molecular weight excluding hydrogens is 607 g/mol. The monoisotopic (exact) mass is 637 g/mol. The van der Waals surface area contributed by atoms with Crippen LogP contribution in [-0.4, -0.2) is 49.2 Å². The van der Waals surface area contributed by atoms with Crippen molar-refractivity contribution in [2.75, 3.05) is 24.8 Å². The lowest BCUT2D eigenvalue weighted by atomic mass is 9.97. The quantitative estimate of drug-likeness (QED) is 0.0745. The molecule has 0 spiro atoms. The van der Waals surface area contributed by atoms with Crippen molar-refractivity contribution in [2.45, 2.75) is 11.3 Å². The van der Waals surface area contributed by atoms with Gasteiger partial charge in [-0.3, -0.25) is 0 Å². The van der Waals surface area contributed by atoms with Crippen LogP contribution in [0, 0.1) is 0 Å². The summed E-state index contributed by atoms with van der Waals surface area (Å²) in [6.07, 6.45) is 3.82. The number of aromatic nitrogens is 2. The average Bonchev–Trinajstić information content (AvgIpc) is 3.47. The lowest BCUT2D eigenvalue weighted by Crippen LogP contribution is -2.09. The van der Waals surface area contributed by atoms with Gasteiger partial charge in [0.05, 0.1) is 28.4 Å². The Kier molecular flexibility index (Phi) is 11.8. The van der Waals surface area contributed by atoms with E-state index >= 15 is 0 Å². The second-order valence-corrected chi connectivity index (χ2v) is 11.9. The van der Waals surface area contributed by atoms with E-state index in [1.165, 1.54) is 11.8 Å². The van der Waals surface area contributed by atoms with Crippen molar-refractivity contribution in [3.8, 4) is 0 Å². The first-order valence-electron chi connectivity index (χ1n) is 13.8. The van der Waals surface area contributed by atoms with Gasteiger partial charge >= 0.3 is 5.97 Å². The first kappa shape index (κ1) is 32.8. The van der Waals surface area contributed by atoms with E-state index in [-0.39, 0.29) is 17.5 Å². The lowest BCUT2D eigenvalue weighted by molar-refractivity contribution is -0.133. The molecule has 228 valence electrons. The van der Waals surface area contributed by atoms with Crippen molar-refractivity contribution in [3.05, 3.63) is 132 Å². The Morgan fingerprint density at radius 1 is 0.911 bits per heavy atom. The molecule has 4 aromatic carbocycles. The summed E-state index contributed by atoms with van der Waals surface area (Å²) in [7, 11) is -3.23. The number of ether oxygens (including phenoxy) is 1. The summed E-state index contributed by atoms with van der Waals surface area (Å²) in [5, 5.41) is 12.0. The minimum atomic E-state index is -3.23. The van der Waals surface area contributed by atoms with Gasteiger partial charge in [-0.15, -0.1) is 5.10 Å². The summed E-state index contributed by atoms with van der Waals surface area (Å²) < 4.78 is 28.2. The van der Waals surface area contributed by atoms with E-state index in [0.717, 1.165) is 40.4 Å². The maximum atomic E-state index is 12.0. The number of carbonyl (C=O) groups is 1. The van der Waals surface area contributed by atoms with Gasteiger partial charge in [-0.05, 0) is 47.5 Å². The molecule has 45 heavy (non-hydrogen) atoms. The number of benzene rings is 4. The Balaban J connectivity index is 0.000000169. The van der Waals surface area contributed by atoms with Crippen LogP contribution in [0.5, 0.6) is 0 Å². The molecule has 1 aromatic heterocycles. The second kappa shape index (κ2) is 16.1. The molecule has 5 aromatic rings. The number of carbonyl (C=O) groups excluding carboxylic acids is 1. The number of nitrogens with one attached hydrogen (secondary N) is 1. The van der Waals surface area contributed by atoms with Gasteiger partial charge in [0.1, 0.15) is 6.61 Å². The molecule has 0 bridgehead atoms. The zero-order chi connectivity index (χ0) is 32.1. The van der Waals surface area contributed by atoms with Crippen LogP contribution in [0.3, 0.4) is 0 Å². The fourth-order valence-electron chi connectivity index (χ4n) is 4.44. The van der Waals surface area contributed by atoms with E-state index in [2.05, 4.69) is 50.1 Å². The molecular formula is C34H31N5O4S2. The number of esters is 1. The van der Waals surface area contributed by atoms with E-state index < -0.39 is 9.84 Å². The van der Waals surface area contributed by atoms with E-state index in [1.807, 2.05) is 72.8 Å². The predicted octanol–water partition coefficient (Wildman–Crippen LogP) is 5.81. The zero-order valence-electron chi connectivity index (χ0n) is 24.5. The summed E-state index contributed by atoms with van der Waals surface area (Å²) in [6.45, 7) is 0.939. The summed E-state index contributed by atoms with van der Waals surface area (Å²) >= 11 is 4.45. The number of isothiocyanates is 1.